The number of ether oxygens (including phenoxy) is 2. The molecule has 5 nitrogen and oxygen atoms in total. The maximum absolute atomic E-state index is 11.9. The summed E-state index contributed by atoms with van der Waals surface area (Å²) in [6.07, 6.45) is 0.590. The molecule has 0 bridgehead atoms. The van der Waals surface area contributed by atoms with Crippen LogP contribution in [0.3, 0.4) is 0 Å². The minimum atomic E-state index is -0.455. The molecule has 27 heavy (non-hydrogen) atoms. The average Bonchev–Trinajstić information content (AvgIpc) is 2.65. The van der Waals surface area contributed by atoms with Gasteiger partial charge < -0.3 is 14.8 Å². The summed E-state index contributed by atoms with van der Waals surface area (Å²) in [4.78, 5) is 23.6. The minimum absolute atomic E-state index is 0.146. The van der Waals surface area contributed by atoms with Crippen molar-refractivity contribution in [2.45, 2.75) is 25.8 Å². The zero-order valence-electron chi connectivity index (χ0n) is 14.9. The zero-order chi connectivity index (χ0) is 19.6. The molecule has 0 aliphatic heterocycles. The highest BCUT2D eigenvalue weighted by Crippen LogP contribution is 2.27. The molecule has 1 N–H and O–H groups in total. The summed E-state index contributed by atoms with van der Waals surface area (Å²) in [6, 6.07) is 14.3. The van der Waals surface area contributed by atoms with Crippen LogP contribution in [-0.4, -0.2) is 25.1 Å². The van der Waals surface area contributed by atoms with Gasteiger partial charge in [-0.15, -0.1) is 0 Å². The van der Waals surface area contributed by atoms with Gasteiger partial charge in [-0.25, -0.2) is 0 Å². The third-order valence-corrected chi connectivity index (χ3v) is 4.25. The molecule has 1 atom stereocenters. The quantitative estimate of drug-likeness (QED) is 0.486. The Kier molecular flexibility index (Phi) is 8.43. The molecule has 0 aliphatic rings. The molecule has 2 aromatic rings. The van der Waals surface area contributed by atoms with Crippen LogP contribution in [0.4, 0.5) is 0 Å². The summed E-state index contributed by atoms with van der Waals surface area (Å²) < 4.78 is 10.5. The highest BCUT2D eigenvalue weighted by Gasteiger charge is 2.12. The van der Waals surface area contributed by atoms with Crippen LogP contribution < -0.4 is 10.1 Å². The predicted molar refractivity (Wildman–Crippen MR) is 105 cm³/mol. The number of benzene rings is 2. The van der Waals surface area contributed by atoms with E-state index in [2.05, 4.69) is 5.32 Å². The van der Waals surface area contributed by atoms with Crippen LogP contribution in [0.25, 0.3) is 0 Å². The number of carbonyl (C=O) groups excluding carboxylic acids is 2. The molecule has 0 saturated heterocycles. The molecule has 0 radical (unpaired) electrons. The van der Waals surface area contributed by atoms with Crippen LogP contribution in [-0.2, 0) is 14.3 Å². The van der Waals surface area contributed by atoms with Crippen LogP contribution in [0.15, 0.2) is 48.5 Å². The van der Waals surface area contributed by atoms with Gasteiger partial charge in [0.05, 0.1) is 17.7 Å². The lowest BCUT2D eigenvalue weighted by Crippen LogP contribution is -2.31. The Morgan fingerprint density at radius 2 is 1.85 bits per heavy atom. The van der Waals surface area contributed by atoms with E-state index in [0.29, 0.717) is 28.8 Å². The molecule has 0 unspecified atom stereocenters. The van der Waals surface area contributed by atoms with E-state index in [4.69, 9.17) is 32.7 Å². The first-order valence-corrected chi connectivity index (χ1v) is 9.29. The molecule has 7 heteroatoms. The Bertz CT molecular complexity index is 768. The van der Waals surface area contributed by atoms with Crippen molar-refractivity contribution in [3.63, 3.8) is 0 Å². The highest BCUT2D eigenvalue weighted by atomic mass is 35.5. The lowest BCUT2D eigenvalue weighted by atomic mass is 10.1. The molecular weight excluding hydrogens is 389 g/mol. The maximum atomic E-state index is 11.9. The highest BCUT2D eigenvalue weighted by molar-refractivity contribution is 6.35. The number of esters is 1. The van der Waals surface area contributed by atoms with E-state index in [0.717, 1.165) is 5.56 Å². The van der Waals surface area contributed by atoms with Gasteiger partial charge >= 0.3 is 5.97 Å². The number of halogens is 2. The molecule has 0 aromatic heterocycles. The first kappa shape index (κ1) is 21.1. The minimum Gasteiger partial charge on any atom is -0.492 e. The van der Waals surface area contributed by atoms with Crippen molar-refractivity contribution in [1.29, 1.82) is 0 Å². The van der Waals surface area contributed by atoms with E-state index in [1.165, 1.54) is 0 Å². The van der Waals surface area contributed by atoms with E-state index in [1.54, 1.807) is 18.2 Å². The Balaban J connectivity index is 1.62. The van der Waals surface area contributed by atoms with Gasteiger partial charge in [0.25, 0.3) is 5.91 Å². The molecule has 0 saturated carbocycles. The SMILES string of the molecule is C[C@@H](NC(=O)COC(=O)CCCOc1ccc(Cl)cc1Cl)c1ccccc1. The lowest BCUT2D eigenvalue weighted by Gasteiger charge is -2.14. The van der Waals surface area contributed by atoms with Gasteiger partial charge in [-0.1, -0.05) is 53.5 Å². The van der Waals surface area contributed by atoms with Crippen molar-refractivity contribution in [1.82, 2.24) is 5.32 Å². The first-order chi connectivity index (χ1) is 13.0. The van der Waals surface area contributed by atoms with Gasteiger partial charge in [0.2, 0.25) is 0 Å². The van der Waals surface area contributed by atoms with Crippen LogP contribution in [0.5, 0.6) is 5.75 Å². The lowest BCUT2D eigenvalue weighted by molar-refractivity contribution is -0.148. The van der Waals surface area contributed by atoms with Gasteiger partial charge in [-0.2, -0.15) is 0 Å². The molecular formula is C20H21Cl2NO4. The topological polar surface area (TPSA) is 64.6 Å². The van der Waals surface area contributed by atoms with Gasteiger partial charge in [-0.3, -0.25) is 9.59 Å². The van der Waals surface area contributed by atoms with E-state index in [9.17, 15) is 9.59 Å². The fraction of sp³-hybridized carbons (Fsp3) is 0.300. The fourth-order valence-electron chi connectivity index (χ4n) is 2.32. The van der Waals surface area contributed by atoms with Crippen LogP contribution in [0.1, 0.15) is 31.4 Å². The monoisotopic (exact) mass is 409 g/mol. The van der Waals surface area contributed by atoms with Crippen LogP contribution in [0, 0.1) is 0 Å². The summed E-state index contributed by atoms with van der Waals surface area (Å²) in [5.41, 5.74) is 0.982. The Morgan fingerprint density at radius 1 is 1.11 bits per heavy atom. The Labute approximate surface area is 168 Å². The summed E-state index contributed by atoms with van der Waals surface area (Å²) in [5.74, 6) is -0.295. The van der Waals surface area contributed by atoms with E-state index in [-0.39, 0.29) is 25.0 Å². The van der Waals surface area contributed by atoms with Gasteiger partial charge in [-0.05, 0) is 37.1 Å². The van der Waals surface area contributed by atoms with Crippen molar-refractivity contribution < 1.29 is 19.1 Å². The average molecular weight is 410 g/mol. The summed E-state index contributed by atoms with van der Waals surface area (Å²) in [6.45, 7) is 1.86. The standard InChI is InChI=1S/C20H21Cl2NO4/c1-14(15-6-3-2-4-7-15)23-19(24)13-27-20(25)8-5-11-26-18-10-9-16(21)12-17(18)22/h2-4,6-7,9-10,12,14H,5,8,11,13H2,1H3,(H,23,24)/t14-/m1/s1. The van der Waals surface area contributed by atoms with E-state index < -0.39 is 5.97 Å². The molecule has 0 heterocycles. The smallest absolute Gasteiger partial charge is 0.306 e. The fourth-order valence-corrected chi connectivity index (χ4v) is 2.78. The van der Waals surface area contributed by atoms with Crippen molar-refractivity contribution in [3.8, 4) is 5.75 Å². The molecule has 2 aromatic carbocycles. The van der Waals surface area contributed by atoms with Crippen molar-refractivity contribution in [2.24, 2.45) is 0 Å². The maximum Gasteiger partial charge on any atom is 0.306 e. The Hall–Kier alpha value is -2.24. The molecule has 1 amide bonds. The Morgan fingerprint density at radius 3 is 2.56 bits per heavy atom. The zero-order valence-corrected chi connectivity index (χ0v) is 16.4. The van der Waals surface area contributed by atoms with E-state index in [1.807, 2.05) is 37.3 Å². The van der Waals surface area contributed by atoms with Crippen molar-refractivity contribution in [2.75, 3.05) is 13.2 Å². The first-order valence-electron chi connectivity index (χ1n) is 8.53. The van der Waals surface area contributed by atoms with Crippen molar-refractivity contribution in [3.05, 3.63) is 64.1 Å². The second kappa shape index (κ2) is 10.8. The van der Waals surface area contributed by atoms with Crippen LogP contribution >= 0.6 is 23.2 Å². The van der Waals surface area contributed by atoms with Gasteiger partial charge in [0, 0.05) is 11.4 Å². The molecule has 0 spiro atoms. The van der Waals surface area contributed by atoms with Gasteiger partial charge in [0.15, 0.2) is 6.61 Å². The number of hydrogen-bond acceptors (Lipinski definition) is 4. The number of amides is 1. The normalized spacial score (nSPS) is 11.5. The molecule has 2 rings (SSSR count). The third-order valence-electron chi connectivity index (χ3n) is 3.72. The largest absolute Gasteiger partial charge is 0.492 e. The number of rotatable bonds is 9. The number of nitrogens with one attached hydrogen (secondary N) is 1. The molecule has 0 aliphatic carbocycles. The van der Waals surface area contributed by atoms with Crippen molar-refractivity contribution >= 4 is 35.1 Å². The molecule has 0 fully saturated rings. The van der Waals surface area contributed by atoms with Crippen LogP contribution in [0.2, 0.25) is 10.0 Å². The third kappa shape index (κ3) is 7.49. The second-order valence-electron chi connectivity index (χ2n) is 5.89. The number of carbonyl (C=O) groups is 2. The summed E-state index contributed by atoms with van der Waals surface area (Å²) >= 11 is 11.8. The predicted octanol–water partition coefficient (Wildman–Crippen LogP) is 4.57. The summed E-state index contributed by atoms with van der Waals surface area (Å²) in [5, 5.41) is 3.72. The van der Waals surface area contributed by atoms with E-state index >= 15 is 0 Å². The summed E-state index contributed by atoms with van der Waals surface area (Å²) in [7, 11) is 0. The second-order valence-corrected chi connectivity index (χ2v) is 6.73. The molecule has 144 valence electrons. The van der Waals surface area contributed by atoms with Gasteiger partial charge in [0.1, 0.15) is 5.75 Å². The number of hydrogen-bond donors (Lipinski definition) is 1.